The van der Waals surface area contributed by atoms with Crippen molar-refractivity contribution in [3.8, 4) is 0 Å². The molecule has 0 radical (unpaired) electrons. The van der Waals surface area contributed by atoms with E-state index in [0.717, 1.165) is 18.4 Å². The fourth-order valence-electron chi connectivity index (χ4n) is 3.98. The van der Waals surface area contributed by atoms with Gasteiger partial charge in [-0.15, -0.1) is 0 Å². The molecule has 0 saturated carbocycles. The Hall–Kier alpha value is -2.42. The Kier molecular flexibility index (Phi) is 4.30. The molecule has 3 nitrogen and oxygen atoms in total. The van der Waals surface area contributed by atoms with Crippen molar-refractivity contribution in [1.82, 2.24) is 0 Å². The first-order valence-electron chi connectivity index (χ1n) is 9.07. The molecule has 0 aromatic heterocycles. The number of hydrogen-bond acceptors (Lipinski definition) is 2. The first kappa shape index (κ1) is 18.4. The summed E-state index contributed by atoms with van der Waals surface area (Å²) in [6.07, 6.45) is 2.18. The highest BCUT2D eigenvalue weighted by molar-refractivity contribution is 6.15. The van der Waals surface area contributed by atoms with E-state index in [1.54, 1.807) is 18.2 Å². The van der Waals surface area contributed by atoms with Gasteiger partial charge in [-0.05, 0) is 59.4 Å². The molecule has 0 heterocycles. The maximum atomic E-state index is 13.2. The van der Waals surface area contributed by atoms with Crippen molar-refractivity contribution in [2.75, 3.05) is 0 Å². The molecule has 1 aliphatic carbocycles. The Morgan fingerprint density at radius 1 is 0.846 bits per heavy atom. The molecular weight excluding hydrogens is 324 g/mol. The van der Waals surface area contributed by atoms with Gasteiger partial charge in [0.05, 0.1) is 5.56 Å². The van der Waals surface area contributed by atoms with Gasteiger partial charge < -0.3 is 5.11 Å². The van der Waals surface area contributed by atoms with E-state index in [0.29, 0.717) is 5.56 Å². The maximum Gasteiger partial charge on any atom is 0.336 e. The summed E-state index contributed by atoms with van der Waals surface area (Å²) in [6, 6.07) is 10.6. The van der Waals surface area contributed by atoms with E-state index in [9.17, 15) is 14.7 Å². The summed E-state index contributed by atoms with van der Waals surface area (Å²) in [7, 11) is 0. The zero-order chi connectivity index (χ0) is 19.3. The predicted octanol–water partition coefficient (Wildman–Crippen LogP) is 5.27. The quantitative estimate of drug-likeness (QED) is 0.767. The number of carbonyl (C=O) groups excluding carboxylic acids is 1. The van der Waals surface area contributed by atoms with Crippen molar-refractivity contribution < 1.29 is 14.7 Å². The van der Waals surface area contributed by atoms with Gasteiger partial charge in [0, 0.05) is 11.1 Å². The minimum atomic E-state index is -1.08. The third-order valence-electron chi connectivity index (χ3n) is 5.84. The lowest BCUT2D eigenvalue weighted by Crippen LogP contribution is -2.34. The molecule has 2 aromatic rings. The Bertz CT molecular complexity index is 904. The number of rotatable bonds is 3. The molecule has 0 amide bonds. The van der Waals surface area contributed by atoms with Crippen LogP contribution in [0.1, 0.15) is 83.5 Å². The minimum absolute atomic E-state index is 0.000100. The van der Waals surface area contributed by atoms with Gasteiger partial charge in [0.15, 0.2) is 5.78 Å². The Morgan fingerprint density at radius 3 is 1.88 bits per heavy atom. The van der Waals surface area contributed by atoms with Gasteiger partial charge in [-0.25, -0.2) is 4.79 Å². The Labute approximate surface area is 155 Å². The topological polar surface area (TPSA) is 54.4 Å². The Balaban J connectivity index is 2.19. The van der Waals surface area contributed by atoms with Gasteiger partial charge in [-0.1, -0.05) is 52.0 Å². The molecule has 26 heavy (non-hydrogen) atoms. The van der Waals surface area contributed by atoms with E-state index < -0.39 is 5.97 Å². The molecule has 0 aliphatic heterocycles. The van der Waals surface area contributed by atoms with Crippen molar-refractivity contribution in [2.45, 2.75) is 58.3 Å². The molecule has 0 bridgehead atoms. The lowest BCUT2D eigenvalue weighted by molar-refractivity contribution is 0.0692. The van der Waals surface area contributed by atoms with E-state index >= 15 is 0 Å². The van der Waals surface area contributed by atoms with Crippen molar-refractivity contribution in [3.63, 3.8) is 0 Å². The molecule has 3 heteroatoms. The lowest BCUT2D eigenvalue weighted by Gasteiger charge is -2.42. The van der Waals surface area contributed by atoms with Crippen LogP contribution in [-0.2, 0) is 10.8 Å². The fourth-order valence-corrected chi connectivity index (χ4v) is 3.98. The maximum absolute atomic E-state index is 13.2. The second-order valence-electron chi connectivity index (χ2n) is 8.66. The smallest absolute Gasteiger partial charge is 0.336 e. The van der Waals surface area contributed by atoms with Gasteiger partial charge in [-0.3, -0.25) is 4.79 Å². The highest BCUT2D eigenvalue weighted by Crippen LogP contribution is 2.46. The average Bonchev–Trinajstić information content (AvgIpc) is 2.58. The highest BCUT2D eigenvalue weighted by atomic mass is 16.4. The van der Waals surface area contributed by atoms with Crippen molar-refractivity contribution in [1.29, 1.82) is 0 Å². The number of ketones is 1. The highest BCUT2D eigenvalue weighted by Gasteiger charge is 2.38. The van der Waals surface area contributed by atoms with E-state index in [-0.39, 0.29) is 27.7 Å². The van der Waals surface area contributed by atoms with Gasteiger partial charge in [0.1, 0.15) is 0 Å². The number of carboxylic acid groups (broad SMARTS) is 1. The fraction of sp³-hybridized carbons (Fsp3) is 0.391. The largest absolute Gasteiger partial charge is 0.478 e. The summed E-state index contributed by atoms with van der Waals surface area (Å²) in [4.78, 5) is 24.7. The molecule has 0 spiro atoms. The van der Waals surface area contributed by atoms with E-state index in [2.05, 4.69) is 33.8 Å². The molecule has 1 N–H and O–H groups in total. The van der Waals surface area contributed by atoms with Gasteiger partial charge in [0.2, 0.25) is 0 Å². The van der Waals surface area contributed by atoms with Gasteiger partial charge in [-0.2, -0.15) is 0 Å². The summed E-state index contributed by atoms with van der Waals surface area (Å²) in [6.45, 7) is 10.9. The van der Waals surface area contributed by atoms with Crippen LogP contribution in [0.25, 0.3) is 0 Å². The van der Waals surface area contributed by atoms with Gasteiger partial charge in [0.25, 0.3) is 0 Å². The van der Waals surface area contributed by atoms with Crippen LogP contribution in [0.2, 0.25) is 0 Å². The standard InChI is InChI=1S/C23H26O3/c1-14-12-18-19(23(4,5)11-10-22(18,2)3)13-17(14)20(24)15-8-6-7-9-16(15)21(25)26/h6-9,12-13H,10-11H2,1-5H3,(H,25,26). The Morgan fingerprint density at radius 2 is 1.35 bits per heavy atom. The summed E-state index contributed by atoms with van der Waals surface area (Å²) in [5, 5.41) is 9.42. The third-order valence-corrected chi connectivity index (χ3v) is 5.84. The van der Waals surface area contributed by atoms with Crippen LogP contribution < -0.4 is 0 Å². The summed E-state index contributed by atoms with van der Waals surface area (Å²) < 4.78 is 0. The molecule has 0 fully saturated rings. The minimum Gasteiger partial charge on any atom is -0.478 e. The second-order valence-corrected chi connectivity index (χ2v) is 8.66. The molecule has 136 valence electrons. The first-order chi connectivity index (χ1) is 12.0. The summed E-state index contributed by atoms with van der Waals surface area (Å²) in [5.74, 6) is -1.30. The number of carboxylic acids is 1. The predicted molar refractivity (Wildman–Crippen MR) is 103 cm³/mol. The zero-order valence-electron chi connectivity index (χ0n) is 16.1. The van der Waals surface area contributed by atoms with Crippen LogP contribution >= 0.6 is 0 Å². The van der Waals surface area contributed by atoms with Crippen LogP contribution in [0.5, 0.6) is 0 Å². The van der Waals surface area contributed by atoms with Crippen LogP contribution in [0, 0.1) is 6.92 Å². The number of fused-ring (bicyclic) bond motifs is 1. The van der Waals surface area contributed by atoms with Crippen LogP contribution in [0.4, 0.5) is 0 Å². The lowest BCUT2D eigenvalue weighted by atomic mass is 9.62. The van der Waals surface area contributed by atoms with Crippen molar-refractivity contribution in [3.05, 3.63) is 69.8 Å². The van der Waals surface area contributed by atoms with E-state index in [1.165, 1.54) is 17.2 Å². The van der Waals surface area contributed by atoms with E-state index in [4.69, 9.17) is 0 Å². The van der Waals surface area contributed by atoms with Crippen molar-refractivity contribution >= 4 is 11.8 Å². The molecule has 0 atom stereocenters. The van der Waals surface area contributed by atoms with Crippen LogP contribution in [0.15, 0.2) is 36.4 Å². The molecule has 3 rings (SSSR count). The third kappa shape index (κ3) is 2.96. The van der Waals surface area contributed by atoms with Crippen LogP contribution in [-0.4, -0.2) is 16.9 Å². The first-order valence-corrected chi connectivity index (χ1v) is 9.07. The number of aryl methyl sites for hydroxylation is 1. The molecule has 0 saturated heterocycles. The average molecular weight is 350 g/mol. The molecule has 0 unspecified atom stereocenters. The molecule has 1 aliphatic rings. The SMILES string of the molecule is Cc1cc2c(cc1C(=O)c1ccccc1C(=O)O)C(C)(C)CCC2(C)C. The molecule has 2 aromatic carbocycles. The zero-order valence-corrected chi connectivity index (χ0v) is 16.1. The number of aromatic carboxylic acids is 1. The summed E-state index contributed by atoms with van der Waals surface area (Å²) in [5.41, 5.74) is 4.38. The van der Waals surface area contributed by atoms with Gasteiger partial charge >= 0.3 is 5.97 Å². The second kappa shape index (κ2) is 6.08. The van der Waals surface area contributed by atoms with Crippen LogP contribution in [0.3, 0.4) is 0 Å². The molecular formula is C23H26O3. The normalized spacial score (nSPS) is 17.4. The van der Waals surface area contributed by atoms with E-state index in [1.807, 2.05) is 13.0 Å². The monoisotopic (exact) mass is 350 g/mol. The number of carbonyl (C=O) groups is 2. The van der Waals surface area contributed by atoms with Crippen molar-refractivity contribution in [2.24, 2.45) is 0 Å². The number of hydrogen-bond donors (Lipinski definition) is 1. The number of benzene rings is 2. The summed E-state index contributed by atoms with van der Waals surface area (Å²) >= 11 is 0.